The van der Waals surface area contributed by atoms with Gasteiger partial charge in [0.2, 0.25) is 5.95 Å². The molecule has 0 saturated carbocycles. The van der Waals surface area contributed by atoms with Gasteiger partial charge >= 0.3 is 0 Å². The Hall–Kier alpha value is -3.19. The van der Waals surface area contributed by atoms with E-state index in [-0.39, 0.29) is 6.04 Å². The third-order valence-electron chi connectivity index (χ3n) is 6.14. The van der Waals surface area contributed by atoms with Crippen LogP contribution in [0.4, 0.5) is 22.0 Å². The monoisotopic (exact) mass is 409 g/mol. The van der Waals surface area contributed by atoms with Gasteiger partial charge in [-0.1, -0.05) is 0 Å². The average molecular weight is 409 g/mol. The predicted octanol–water partition coefficient (Wildman–Crippen LogP) is 3.19. The van der Waals surface area contributed by atoms with Gasteiger partial charge in [0.15, 0.2) is 11.6 Å². The van der Waals surface area contributed by atoms with Gasteiger partial charge in [0, 0.05) is 49.0 Å². The fourth-order valence-corrected chi connectivity index (χ4v) is 4.87. The third-order valence-corrected chi connectivity index (χ3v) is 6.14. The molecule has 2 bridgehead atoms. The van der Waals surface area contributed by atoms with E-state index in [1.54, 1.807) is 0 Å². The van der Waals surface area contributed by atoms with E-state index in [1.807, 2.05) is 13.0 Å². The molecule has 0 aromatic carbocycles. The number of fused-ring (bicyclic) bond motifs is 3. The van der Waals surface area contributed by atoms with Crippen LogP contribution in [0.15, 0.2) is 12.3 Å². The summed E-state index contributed by atoms with van der Waals surface area (Å²) in [7, 11) is 0. The number of anilines is 3. The standard InChI is InChI=1S/C20H24FN9/c1-11-7-16(29-28-11)25-19-17-15(21)10-23-18(17)26-20(27-19)24-12-8-13-3-4-14(9-12)30(13)6-2-5-22/h7,10,12-14H,2-4,6,8-9H2,1H3,(H4,23,24,25,26,27,28,29)/t12-,13-,14+. The van der Waals surface area contributed by atoms with Crippen LogP contribution in [0.1, 0.15) is 37.8 Å². The molecule has 30 heavy (non-hydrogen) atoms. The zero-order valence-corrected chi connectivity index (χ0v) is 16.7. The molecule has 0 spiro atoms. The van der Waals surface area contributed by atoms with E-state index in [4.69, 9.17) is 5.26 Å². The van der Waals surface area contributed by atoms with Crippen molar-refractivity contribution in [1.82, 2.24) is 30.0 Å². The highest BCUT2D eigenvalue weighted by Crippen LogP contribution is 2.37. The molecule has 2 fully saturated rings. The molecule has 3 aromatic heterocycles. The van der Waals surface area contributed by atoms with E-state index >= 15 is 0 Å². The van der Waals surface area contributed by atoms with E-state index < -0.39 is 5.82 Å². The number of aryl methyl sites for hydroxylation is 1. The first-order chi connectivity index (χ1) is 14.6. The highest BCUT2D eigenvalue weighted by Gasteiger charge is 2.40. The van der Waals surface area contributed by atoms with E-state index in [9.17, 15) is 4.39 Å². The molecule has 4 N–H and O–H groups in total. The van der Waals surface area contributed by atoms with Crippen LogP contribution in [0.25, 0.3) is 11.0 Å². The van der Waals surface area contributed by atoms with Gasteiger partial charge < -0.3 is 15.6 Å². The Kier molecular flexibility index (Phi) is 4.75. The van der Waals surface area contributed by atoms with Gasteiger partial charge in [-0.3, -0.25) is 10.00 Å². The first-order valence-electron chi connectivity index (χ1n) is 10.3. The molecule has 0 aliphatic carbocycles. The number of aromatic nitrogens is 5. The van der Waals surface area contributed by atoms with Gasteiger partial charge in [-0.05, 0) is 32.6 Å². The van der Waals surface area contributed by atoms with Crippen LogP contribution in [-0.4, -0.2) is 54.7 Å². The molecular formula is C20H24FN9. The Morgan fingerprint density at radius 1 is 1.30 bits per heavy atom. The van der Waals surface area contributed by atoms with Crippen molar-refractivity contribution < 1.29 is 4.39 Å². The van der Waals surface area contributed by atoms with Gasteiger partial charge in [0.1, 0.15) is 11.5 Å². The Morgan fingerprint density at radius 3 is 2.80 bits per heavy atom. The fraction of sp³-hybridized carbons (Fsp3) is 0.500. The molecular weight excluding hydrogens is 385 g/mol. The zero-order valence-electron chi connectivity index (χ0n) is 16.7. The summed E-state index contributed by atoms with van der Waals surface area (Å²) in [5, 5.41) is 22.8. The number of nitrogens with zero attached hydrogens (tertiary/aromatic N) is 5. The minimum absolute atomic E-state index is 0.249. The maximum atomic E-state index is 14.3. The summed E-state index contributed by atoms with van der Waals surface area (Å²) < 4.78 is 14.3. The van der Waals surface area contributed by atoms with Crippen LogP contribution in [0.3, 0.4) is 0 Å². The van der Waals surface area contributed by atoms with Gasteiger partial charge in [0.25, 0.3) is 0 Å². The van der Waals surface area contributed by atoms with Crippen molar-refractivity contribution in [3.8, 4) is 6.07 Å². The minimum Gasteiger partial charge on any atom is -0.351 e. The van der Waals surface area contributed by atoms with Crippen LogP contribution in [-0.2, 0) is 0 Å². The van der Waals surface area contributed by atoms with Crippen molar-refractivity contribution in [1.29, 1.82) is 5.26 Å². The van der Waals surface area contributed by atoms with Crippen molar-refractivity contribution in [2.75, 3.05) is 17.2 Å². The van der Waals surface area contributed by atoms with Gasteiger partial charge in [-0.15, -0.1) is 0 Å². The second kappa shape index (κ2) is 7.57. The quantitative estimate of drug-likeness (QED) is 0.493. The molecule has 0 amide bonds. The topological polar surface area (TPSA) is 121 Å². The zero-order chi connectivity index (χ0) is 20.7. The van der Waals surface area contributed by atoms with Gasteiger partial charge in [-0.2, -0.15) is 20.3 Å². The highest BCUT2D eigenvalue weighted by atomic mass is 19.1. The molecule has 2 aliphatic rings. The van der Waals surface area contributed by atoms with Crippen molar-refractivity contribution >= 4 is 28.6 Å². The lowest BCUT2D eigenvalue weighted by Gasteiger charge is -2.38. The molecule has 5 heterocycles. The lowest BCUT2D eigenvalue weighted by atomic mass is 9.97. The first kappa shape index (κ1) is 18.8. The second-order valence-corrected chi connectivity index (χ2v) is 8.16. The largest absolute Gasteiger partial charge is 0.351 e. The molecule has 3 aromatic rings. The number of halogens is 1. The molecule has 2 saturated heterocycles. The predicted molar refractivity (Wildman–Crippen MR) is 111 cm³/mol. The molecule has 0 radical (unpaired) electrons. The summed E-state index contributed by atoms with van der Waals surface area (Å²) >= 11 is 0. The maximum Gasteiger partial charge on any atom is 0.226 e. The van der Waals surface area contributed by atoms with Crippen LogP contribution in [0, 0.1) is 24.1 Å². The van der Waals surface area contributed by atoms with Crippen LogP contribution in [0.2, 0.25) is 0 Å². The SMILES string of the molecule is Cc1cc(Nc2nc(N[C@@H]3C[C@H]4CC[C@@H](C3)N4CCC#N)nc3[nH]cc(F)c23)n[nH]1. The number of aromatic amines is 2. The Bertz CT molecular complexity index is 1080. The molecule has 0 unspecified atom stereocenters. The van der Waals surface area contributed by atoms with Crippen LogP contribution in [0.5, 0.6) is 0 Å². The number of hydrogen-bond acceptors (Lipinski definition) is 7. The Labute approximate surface area is 173 Å². The number of rotatable bonds is 6. The van der Waals surface area contributed by atoms with Crippen molar-refractivity contribution in [2.45, 2.75) is 57.2 Å². The average Bonchev–Trinajstić information content (AvgIpc) is 3.36. The van der Waals surface area contributed by atoms with E-state index in [2.05, 4.69) is 46.8 Å². The van der Waals surface area contributed by atoms with Gasteiger partial charge in [-0.25, -0.2) is 4.39 Å². The Morgan fingerprint density at radius 2 is 2.10 bits per heavy atom. The number of nitriles is 1. The molecule has 3 atom stereocenters. The summed E-state index contributed by atoms with van der Waals surface area (Å²) in [6.07, 6.45) is 6.18. The summed E-state index contributed by atoms with van der Waals surface area (Å²) in [5.41, 5.74) is 1.34. The second-order valence-electron chi connectivity index (χ2n) is 8.16. The number of nitrogens with one attached hydrogen (secondary N) is 4. The lowest BCUT2D eigenvalue weighted by Crippen LogP contribution is -2.47. The van der Waals surface area contributed by atoms with E-state index in [0.717, 1.165) is 25.1 Å². The molecule has 10 heteroatoms. The summed E-state index contributed by atoms with van der Waals surface area (Å²) in [4.78, 5) is 14.4. The van der Waals surface area contributed by atoms with E-state index in [1.165, 1.54) is 19.0 Å². The van der Waals surface area contributed by atoms with Gasteiger partial charge in [0.05, 0.1) is 11.5 Å². The number of hydrogen-bond donors (Lipinski definition) is 4. The normalized spacial score (nSPS) is 23.6. The fourth-order valence-electron chi connectivity index (χ4n) is 4.87. The summed E-state index contributed by atoms with van der Waals surface area (Å²) in [5.74, 6) is 1.01. The smallest absolute Gasteiger partial charge is 0.226 e. The third kappa shape index (κ3) is 3.45. The maximum absolute atomic E-state index is 14.3. The molecule has 156 valence electrons. The highest BCUT2D eigenvalue weighted by molar-refractivity contribution is 5.90. The molecule has 9 nitrogen and oxygen atoms in total. The van der Waals surface area contributed by atoms with Crippen molar-refractivity contribution in [2.24, 2.45) is 0 Å². The van der Waals surface area contributed by atoms with E-state index in [0.29, 0.717) is 47.1 Å². The number of piperidine rings is 1. The molecule has 2 aliphatic heterocycles. The Balaban J connectivity index is 1.37. The summed E-state index contributed by atoms with van der Waals surface area (Å²) in [6, 6.07) is 5.32. The molecule has 5 rings (SSSR count). The summed E-state index contributed by atoms with van der Waals surface area (Å²) in [6.45, 7) is 2.74. The van der Waals surface area contributed by atoms with Crippen molar-refractivity contribution in [3.05, 3.63) is 23.8 Å². The minimum atomic E-state index is -0.407. The van der Waals surface area contributed by atoms with Crippen LogP contribution >= 0.6 is 0 Å². The van der Waals surface area contributed by atoms with Crippen molar-refractivity contribution in [3.63, 3.8) is 0 Å². The first-order valence-corrected chi connectivity index (χ1v) is 10.3. The van der Waals surface area contributed by atoms with Crippen LogP contribution < -0.4 is 10.6 Å². The number of H-pyrrole nitrogens is 2. The lowest BCUT2D eigenvalue weighted by molar-refractivity contribution is 0.135.